The van der Waals surface area contributed by atoms with E-state index in [2.05, 4.69) is 45.3 Å². The number of nitrogens with zero attached hydrogens (tertiary/aromatic N) is 4. The van der Waals surface area contributed by atoms with Gasteiger partial charge in [0.15, 0.2) is 0 Å². The number of halogens is 2. The van der Waals surface area contributed by atoms with E-state index in [1.807, 2.05) is 24.5 Å². The van der Waals surface area contributed by atoms with Gasteiger partial charge in [-0.15, -0.1) is 0 Å². The number of likely N-dealkylation sites (tertiary alicyclic amines) is 2. The molecule has 1 aromatic carbocycles. The van der Waals surface area contributed by atoms with Gasteiger partial charge in [-0.1, -0.05) is 35.8 Å². The lowest BCUT2D eigenvalue weighted by atomic mass is 10.0. The van der Waals surface area contributed by atoms with Gasteiger partial charge in [-0.05, 0) is 62.1 Å². The van der Waals surface area contributed by atoms with Gasteiger partial charge in [0, 0.05) is 48.0 Å². The number of aliphatic imine (C=N–C) groups is 1. The van der Waals surface area contributed by atoms with Crippen LogP contribution in [-0.2, 0) is 0 Å². The molecule has 0 aromatic heterocycles. The van der Waals surface area contributed by atoms with Crippen LogP contribution < -0.4 is 0 Å². The van der Waals surface area contributed by atoms with Gasteiger partial charge in [0.2, 0.25) is 0 Å². The zero-order valence-corrected chi connectivity index (χ0v) is 20.1. The summed E-state index contributed by atoms with van der Waals surface area (Å²) in [6.07, 6.45) is 11.1. The molecule has 4 rings (SSSR count). The summed E-state index contributed by atoms with van der Waals surface area (Å²) in [5, 5.41) is 11.1. The second kappa shape index (κ2) is 10.4. The molecule has 0 radical (unpaired) electrons. The van der Waals surface area contributed by atoms with Gasteiger partial charge in [-0.25, -0.2) is 4.99 Å². The molecular formula is C25H32Cl2N4O. The Morgan fingerprint density at radius 2 is 2.00 bits per heavy atom. The molecule has 1 unspecified atom stereocenters. The van der Waals surface area contributed by atoms with Crippen LogP contribution in [-0.4, -0.2) is 71.0 Å². The quantitative estimate of drug-likeness (QED) is 0.596. The summed E-state index contributed by atoms with van der Waals surface area (Å²) in [5.41, 5.74) is 3.20. The molecule has 0 saturated carbocycles. The van der Waals surface area contributed by atoms with E-state index in [1.165, 1.54) is 0 Å². The molecule has 172 valence electrons. The smallest absolute Gasteiger partial charge is 0.0917 e. The van der Waals surface area contributed by atoms with Crippen LogP contribution >= 0.6 is 23.2 Å². The number of benzene rings is 1. The van der Waals surface area contributed by atoms with Crippen molar-refractivity contribution in [1.82, 2.24) is 14.7 Å². The normalized spacial score (nSPS) is 25.2. The Kier molecular flexibility index (Phi) is 7.62. The van der Waals surface area contributed by atoms with Gasteiger partial charge in [-0.3, -0.25) is 4.90 Å². The van der Waals surface area contributed by atoms with Crippen LogP contribution in [0.15, 0.2) is 59.4 Å². The average molecular weight is 475 g/mol. The van der Waals surface area contributed by atoms with E-state index in [0.29, 0.717) is 16.1 Å². The molecule has 3 heterocycles. The zero-order valence-electron chi connectivity index (χ0n) is 18.6. The largest absolute Gasteiger partial charge is 0.392 e. The Hall–Kier alpha value is -1.79. The lowest BCUT2D eigenvalue weighted by Gasteiger charge is -2.38. The van der Waals surface area contributed by atoms with Crippen molar-refractivity contribution in [2.75, 3.05) is 32.7 Å². The molecule has 0 bridgehead atoms. The van der Waals surface area contributed by atoms with Gasteiger partial charge in [0.05, 0.1) is 30.7 Å². The van der Waals surface area contributed by atoms with Crippen LogP contribution in [0.1, 0.15) is 37.8 Å². The Morgan fingerprint density at radius 3 is 2.66 bits per heavy atom. The van der Waals surface area contributed by atoms with Gasteiger partial charge in [0.1, 0.15) is 0 Å². The molecule has 5 nitrogen and oxygen atoms in total. The van der Waals surface area contributed by atoms with Crippen LogP contribution in [0.25, 0.3) is 0 Å². The van der Waals surface area contributed by atoms with E-state index in [4.69, 9.17) is 23.2 Å². The first-order chi connectivity index (χ1) is 15.4. The van der Waals surface area contributed by atoms with Crippen molar-refractivity contribution in [1.29, 1.82) is 0 Å². The molecule has 0 aliphatic carbocycles. The van der Waals surface area contributed by atoms with Gasteiger partial charge >= 0.3 is 0 Å². The van der Waals surface area contributed by atoms with Crippen molar-refractivity contribution in [3.8, 4) is 0 Å². The first-order valence-electron chi connectivity index (χ1n) is 11.4. The zero-order chi connectivity index (χ0) is 22.7. The highest BCUT2D eigenvalue weighted by Crippen LogP contribution is 2.31. The summed E-state index contributed by atoms with van der Waals surface area (Å²) >= 11 is 12.4. The summed E-state index contributed by atoms with van der Waals surface area (Å²) in [6, 6.07) is 6.33. The number of piperidine rings is 1. The Bertz CT molecular complexity index is 921. The van der Waals surface area contributed by atoms with Crippen LogP contribution in [0, 0.1) is 0 Å². The molecule has 3 aliphatic rings. The highest BCUT2D eigenvalue weighted by atomic mass is 35.5. The third-order valence-electron chi connectivity index (χ3n) is 6.82. The number of allylic oxidation sites excluding steroid dienone is 3. The third kappa shape index (κ3) is 5.40. The number of aliphatic hydroxyl groups is 1. The fraction of sp³-hybridized carbons (Fsp3) is 0.480. The van der Waals surface area contributed by atoms with Crippen molar-refractivity contribution >= 4 is 29.5 Å². The van der Waals surface area contributed by atoms with Gasteiger partial charge in [-0.2, -0.15) is 0 Å². The first kappa shape index (κ1) is 23.4. The third-order valence-corrected chi connectivity index (χ3v) is 7.39. The van der Waals surface area contributed by atoms with E-state index >= 15 is 0 Å². The lowest BCUT2D eigenvalue weighted by Crippen LogP contribution is -2.43. The maximum Gasteiger partial charge on any atom is 0.0917 e. The molecule has 2 atom stereocenters. The fourth-order valence-corrected chi connectivity index (χ4v) is 5.41. The molecule has 3 aliphatic heterocycles. The van der Waals surface area contributed by atoms with E-state index in [9.17, 15) is 5.11 Å². The highest BCUT2D eigenvalue weighted by molar-refractivity contribution is 6.35. The number of β-amino-alcohol motifs (C(OH)–C–C–N with tert-alkyl or cyclic N) is 1. The van der Waals surface area contributed by atoms with Crippen molar-refractivity contribution in [2.24, 2.45) is 4.99 Å². The maximum atomic E-state index is 9.82. The second-order valence-electron chi connectivity index (χ2n) is 8.87. The van der Waals surface area contributed by atoms with E-state index in [0.717, 1.165) is 68.9 Å². The lowest BCUT2D eigenvalue weighted by molar-refractivity contribution is 0.123. The van der Waals surface area contributed by atoms with E-state index in [1.54, 1.807) is 6.07 Å². The van der Waals surface area contributed by atoms with Gasteiger partial charge in [0.25, 0.3) is 0 Å². The van der Waals surface area contributed by atoms with E-state index in [-0.39, 0.29) is 12.1 Å². The minimum atomic E-state index is -0.145. The standard InChI is InChI=1S/C25H32Cl2N4O/c1-3-21(29-11-8-22(9-12-29)30-13-10-23(32)16-30)6-5-20-15-31(17-28-20)18(2)24-7-4-19(26)14-25(24)27/h3-7,14,17-18,22-23,32H,1,8-13,15-16H2,2H3/b20-5+,21-6+/t18-,23?/m1/s1. The van der Waals surface area contributed by atoms with Crippen molar-refractivity contribution in [2.45, 2.75) is 44.4 Å². The van der Waals surface area contributed by atoms with Crippen LogP contribution in [0.3, 0.4) is 0 Å². The summed E-state index contributed by atoms with van der Waals surface area (Å²) in [7, 11) is 0. The average Bonchev–Trinajstić information content (AvgIpc) is 3.43. The summed E-state index contributed by atoms with van der Waals surface area (Å²) in [4.78, 5) is 11.6. The molecular weight excluding hydrogens is 443 g/mol. The van der Waals surface area contributed by atoms with Crippen molar-refractivity contribution in [3.05, 3.63) is 70.0 Å². The Morgan fingerprint density at radius 1 is 1.22 bits per heavy atom. The molecule has 7 heteroatoms. The molecule has 0 spiro atoms. The second-order valence-corrected chi connectivity index (χ2v) is 9.71. The predicted octanol–water partition coefficient (Wildman–Crippen LogP) is 4.88. The Balaban J connectivity index is 1.34. The summed E-state index contributed by atoms with van der Waals surface area (Å²) < 4.78 is 0. The number of hydrogen-bond acceptors (Lipinski definition) is 5. The molecule has 0 amide bonds. The molecule has 2 saturated heterocycles. The maximum absolute atomic E-state index is 9.82. The van der Waals surface area contributed by atoms with Crippen LogP contribution in [0.5, 0.6) is 0 Å². The first-order valence-corrected chi connectivity index (χ1v) is 12.2. The minimum absolute atomic E-state index is 0.111. The molecule has 1 aromatic rings. The van der Waals surface area contributed by atoms with Crippen LogP contribution in [0.4, 0.5) is 0 Å². The molecule has 32 heavy (non-hydrogen) atoms. The SMILES string of the molecule is C=C/C(=C\C=C1/CN([C@H](C)c2ccc(Cl)cc2Cl)C=N1)N1CCC(N2CCC(O)C2)CC1. The summed E-state index contributed by atoms with van der Waals surface area (Å²) in [5.74, 6) is 0. The Labute approximate surface area is 201 Å². The summed E-state index contributed by atoms with van der Waals surface area (Å²) in [6.45, 7) is 10.8. The monoisotopic (exact) mass is 474 g/mol. The van der Waals surface area contributed by atoms with Crippen molar-refractivity contribution < 1.29 is 5.11 Å². The fourth-order valence-electron chi connectivity index (χ4n) is 4.84. The number of hydrogen-bond donors (Lipinski definition) is 1. The van der Waals surface area contributed by atoms with Gasteiger partial charge < -0.3 is 14.9 Å². The molecule has 1 N–H and O–H groups in total. The minimum Gasteiger partial charge on any atom is -0.392 e. The topological polar surface area (TPSA) is 42.3 Å². The number of rotatable bonds is 6. The van der Waals surface area contributed by atoms with Crippen LogP contribution in [0.2, 0.25) is 10.0 Å². The highest BCUT2D eigenvalue weighted by Gasteiger charge is 2.30. The predicted molar refractivity (Wildman–Crippen MR) is 133 cm³/mol. The number of aliphatic hydroxyl groups excluding tert-OH is 1. The molecule has 2 fully saturated rings. The van der Waals surface area contributed by atoms with Crippen molar-refractivity contribution in [3.63, 3.8) is 0 Å². The van der Waals surface area contributed by atoms with E-state index < -0.39 is 0 Å².